The second kappa shape index (κ2) is 7.16. The van der Waals surface area contributed by atoms with Crippen LogP contribution in [0.5, 0.6) is 0 Å². The van der Waals surface area contributed by atoms with Gasteiger partial charge in [-0.25, -0.2) is 0 Å². The third-order valence-electron chi connectivity index (χ3n) is 4.38. The van der Waals surface area contributed by atoms with Gasteiger partial charge in [-0.3, -0.25) is 4.79 Å². The van der Waals surface area contributed by atoms with Gasteiger partial charge in [0.2, 0.25) is 5.91 Å². The highest BCUT2D eigenvalue weighted by Crippen LogP contribution is 2.25. The molecule has 1 amide bonds. The summed E-state index contributed by atoms with van der Waals surface area (Å²) in [7, 11) is 0. The Morgan fingerprint density at radius 2 is 2.18 bits per heavy atom. The van der Waals surface area contributed by atoms with E-state index in [1.807, 2.05) is 37.3 Å². The third-order valence-corrected chi connectivity index (χ3v) is 4.38. The summed E-state index contributed by atoms with van der Waals surface area (Å²) in [5, 5.41) is 7.56. The van der Waals surface area contributed by atoms with Crippen molar-refractivity contribution in [2.24, 2.45) is 5.92 Å². The molecule has 22 heavy (non-hydrogen) atoms. The Kier molecular flexibility index (Phi) is 5.48. The van der Waals surface area contributed by atoms with Crippen molar-refractivity contribution in [3.8, 4) is 0 Å². The second-order valence-electron chi connectivity index (χ2n) is 5.99. The zero-order chi connectivity index (χ0) is 14.8. The van der Waals surface area contributed by atoms with E-state index in [4.69, 9.17) is 4.42 Å². The first-order valence-corrected chi connectivity index (χ1v) is 7.64. The number of halogens is 1. The van der Waals surface area contributed by atoms with Gasteiger partial charge in [0, 0.05) is 11.4 Å². The van der Waals surface area contributed by atoms with E-state index in [1.54, 1.807) is 0 Å². The molecule has 2 N–H and O–H groups in total. The van der Waals surface area contributed by atoms with Crippen LogP contribution in [0.1, 0.15) is 31.9 Å². The predicted molar refractivity (Wildman–Crippen MR) is 90.5 cm³/mol. The number of nitrogens with one attached hydrogen (secondary N) is 2. The molecule has 1 aromatic carbocycles. The number of rotatable bonds is 3. The first-order chi connectivity index (χ1) is 10.1. The average molecular weight is 323 g/mol. The molecule has 0 bridgehead atoms. The highest BCUT2D eigenvalue weighted by molar-refractivity contribution is 5.86. The highest BCUT2D eigenvalue weighted by atomic mass is 35.5. The molecule has 1 aliphatic heterocycles. The van der Waals surface area contributed by atoms with Gasteiger partial charge in [-0.15, -0.1) is 12.4 Å². The SMILES string of the molecule is CC(C(=O)NC1CCNCC1C)c1cc2ccccc2o1.Cl. The van der Waals surface area contributed by atoms with Crippen molar-refractivity contribution < 1.29 is 9.21 Å². The van der Waals surface area contributed by atoms with Crippen LogP contribution in [0.4, 0.5) is 0 Å². The molecule has 3 unspecified atom stereocenters. The first kappa shape index (κ1) is 16.8. The number of hydrogen-bond acceptors (Lipinski definition) is 3. The molecule has 5 heteroatoms. The molecule has 3 atom stereocenters. The molecule has 2 aromatic rings. The van der Waals surface area contributed by atoms with Crippen molar-refractivity contribution in [3.63, 3.8) is 0 Å². The number of carbonyl (C=O) groups excluding carboxylic acids is 1. The van der Waals surface area contributed by atoms with E-state index < -0.39 is 0 Å². The smallest absolute Gasteiger partial charge is 0.230 e. The fourth-order valence-electron chi connectivity index (χ4n) is 2.88. The summed E-state index contributed by atoms with van der Waals surface area (Å²) in [4.78, 5) is 12.4. The molecule has 0 spiro atoms. The monoisotopic (exact) mass is 322 g/mol. The highest BCUT2D eigenvalue weighted by Gasteiger charge is 2.26. The van der Waals surface area contributed by atoms with E-state index in [0.717, 1.165) is 36.2 Å². The van der Waals surface area contributed by atoms with Crippen LogP contribution in [-0.4, -0.2) is 25.0 Å². The second-order valence-corrected chi connectivity index (χ2v) is 5.99. The molecule has 1 saturated heterocycles. The van der Waals surface area contributed by atoms with Gasteiger partial charge in [0.15, 0.2) is 0 Å². The van der Waals surface area contributed by atoms with Crippen LogP contribution in [-0.2, 0) is 4.79 Å². The van der Waals surface area contributed by atoms with Crippen molar-refractivity contribution >= 4 is 29.3 Å². The van der Waals surface area contributed by atoms with E-state index in [-0.39, 0.29) is 30.3 Å². The van der Waals surface area contributed by atoms with Crippen LogP contribution < -0.4 is 10.6 Å². The zero-order valence-corrected chi connectivity index (χ0v) is 13.8. The van der Waals surface area contributed by atoms with Gasteiger partial charge in [-0.2, -0.15) is 0 Å². The molecule has 3 rings (SSSR count). The third kappa shape index (κ3) is 3.45. The Bertz CT molecular complexity index is 607. The number of carbonyl (C=O) groups is 1. The quantitative estimate of drug-likeness (QED) is 0.913. The Hall–Kier alpha value is -1.52. The lowest BCUT2D eigenvalue weighted by Crippen LogP contribution is -2.49. The summed E-state index contributed by atoms with van der Waals surface area (Å²) in [6.45, 7) is 6.00. The van der Waals surface area contributed by atoms with Crippen LogP contribution in [0.3, 0.4) is 0 Å². The Morgan fingerprint density at radius 1 is 1.41 bits per heavy atom. The summed E-state index contributed by atoms with van der Waals surface area (Å²) in [5.74, 6) is 0.980. The summed E-state index contributed by atoms with van der Waals surface area (Å²) < 4.78 is 5.79. The zero-order valence-electron chi connectivity index (χ0n) is 13.0. The van der Waals surface area contributed by atoms with Gasteiger partial charge in [-0.1, -0.05) is 25.1 Å². The van der Waals surface area contributed by atoms with Crippen LogP contribution in [0, 0.1) is 5.92 Å². The topological polar surface area (TPSA) is 54.3 Å². The fourth-order valence-corrected chi connectivity index (χ4v) is 2.88. The van der Waals surface area contributed by atoms with Crippen LogP contribution in [0.15, 0.2) is 34.7 Å². The molecule has 4 nitrogen and oxygen atoms in total. The minimum absolute atomic E-state index is 0. The van der Waals surface area contributed by atoms with Gasteiger partial charge < -0.3 is 15.1 Å². The number of para-hydroxylation sites is 1. The number of furan rings is 1. The van der Waals surface area contributed by atoms with Gasteiger partial charge in [0.25, 0.3) is 0 Å². The molecule has 0 radical (unpaired) electrons. The first-order valence-electron chi connectivity index (χ1n) is 7.64. The lowest BCUT2D eigenvalue weighted by atomic mass is 9.94. The number of fused-ring (bicyclic) bond motifs is 1. The standard InChI is InChI=1S/C17H22N2O2.ClH/c1-11-10-18-8-7-14(11)19-17(20)12(2)16-9-13-5-3-4-6-15(13)21-16;/h3-6,9,11-12,14,18H,7-8,10H2,1-2H3,(H,19,20);1H. The normalized spacial score (nSPS) is 22.8. The van der Waals surface area contributed by atoms with Gasteiger partial charge >= 0.3 is 0 Å². The molecule has 0 aliphatic carbocycles. The molecular weight excluding hydrogens is 300 g/mol. The van der Waals surface area contributed by atoms with Crippen molar-refractivity contribution in [3.05, 3.63) is 36.1 Å². The minimum atomic E-state index is -0.264. The summed E-state index contributed by atoms with van der Waals surface area (Å²) in [6, 6.07) is 10.1. The summed E-state index contributed by atoms with van der Waals surface area (Å²) >= 11 is 0. The maximum absolute atomic E-state index is 12.4. The van der Waals surface area contributed by atoms with Crippen molar-refractivity contribution in [2.45, 2.75) is 32.2 Å². The van der Waals surface area contributed by atoms with E-state index in [9.17, 15) is 4.79 Å². The predicted octanol–water partition coefficient (Wildman–Crippen LogP) is 3.07. The molecule has 2 heterocycles. The maximum Gasteiger partial charge on any atom is 0.230 e. The number of piperidine rings is 1. The number of benzene rings is 1. The van der Waals surface area contributed by atoms with E-state index in [0.29, 0.717) is 5.92 Å². The molecule has 120 valence electrons. The fraction of sp³-hybridized carbons (Fsp3) is 0.471. The number of hydrogen-bond donors (Lipinski definition) is 2. The van der Waals surface area contributed by atoms with Crippen LogP contribution in [0.25, 0.3) is 11.0 Å². The van der Waals surface area contributed by atoms with E-state index in [1.165, 1.54) is 0 Å². The van der Waals surface area contributed by atoms with Gasteiger partial charge in [0.05, 0.1) is 5.92 Å². The Balaban J connectivity index is 0.00000176. The van der Waals surface area contributed by atoms with E-state index in [2.05, 4.69) is 17.6 Å². The van der Waals surface area contributed by atoms with Crippen molar-refractivity contribution in [1.82, 2.24) is 10.6 Å². The summed E-state index contributed by atoms with van der Waals surface area (Å²) in [5.41, 5.74) is 0.836. The lowest BCUT2D eigenvalue weighted by Gasteiger charge is -2.30. The number of amides is 1. The Morgan fingerprint density at radius 3 is 2.91 bits per heavy atom. The Labute approximate surface area is 137 Å². The minimum Gasteiger partial charge on any atom is -0.460 e. The van der Waals surface area contributed by atoms with Gasteiger partial charge in [-0.05, 0) is 44.5 Å². The molecule has 1 aliphatic rings. The molecule has 1 fully saturated rings. The van der Waals surface area contributed by atoms with Crippen molar-refractivity contribution in [1.29, 1.82) is 0 Å². The van der Waals surface area contributed by atoms with Crippen LogP contribution in [0.2, 0.25) is 0 Å². The van der Waals surface area contributed by atoms with E-state index >= 15 is 0 Å². The average Bonchev–Trinajstić information content (AvgIpc) is 2.92. The molecular formula is C17H23ClN2O2. The lowest BCUT2D eigenvalue weighted by molar-refractivity contribution is -0.123. The van der Waals surface area contributed by atoms with Crippen molar-refractivity contribution in [2.75, 3.05) is 13.1 Å². The molecule has 0 saturated carbocycles. The maximum atomic E-state index is 12.4. The largest absolute Gasteiger partial charge is 0.460 e. The van der Waals surface area contributed by atoms with Gasteiger partial charge in [0.1, 0.15) is 11.3 Å². The molecule has 1 aromatic heterocycles. The van der Waals surface area contributed by atoms with Crippen LogP contribution >= 0.6 is 12.4 Å². The summed E-state index contributed by atoms with van der Waals surface area (Å²) in [6.07, 6.45) is 0.986.